The number of aromatic nitrogens is 2. The van der Waals surface area contributed by atoms with Gasteiger partial charge in [-0.15, -0.1) is 0 Å². The molecule has 0 aliphatic heterocycles. The molecule has 2 aromatic rings. The molecule has 0 bridgehead atoms. The van der Waals surface area contributed by atoms with Gasteiger partial charge in [0.1, 0.15) is 0 Å². The summed E-state index contributed by atoms with van der Waals surface area (Å²) < 4.78 is 0. The first-order valence-corrected chi connectivity index (χ1v) is 5.87. The van der Waals surface area contributed by atoms with Crippen molar-refractivity contribution in [1.29, 1.82) is 0 Å². The van der Waals surface area contributed by atoms with Crippen LogP contribution in [0.5, 0.6) is 0 Å². The number of nitrogens with zero attached hydrogens (tertiary/aromatic N) is 1. The van der Waals surface area contributed by atoms with Crippen LogP contribution in [0.3, 0.4) is 0 Å². The molecule has 0 fully saturated rings. The fraction of sp³-hybridized carbons (Fsp3) is 0.357. The molecular formula is C14H20N2. The molecule has 0 saturated carbocycles. The van der Waals surface area contributed by atoms with Crippen LogP contribution >= 0.6 is 0 Å². The Morgan fingerprint density at radius 3 is 2.06 bits per heavy atom. The highest BCUT2D eigenvalue weighted by Crippen LogP contribution is 2.20. The van der Waals surface area contributed by atoms with Crippen molar-refractivity contribution >= 4 is 0 Å². The van der Waals surface area contributed by atoms with Crippen LogP contribution in [0.2, 0.25) is 0 Å². The van der Waals surface area contributed by atoms with Gasteiger partial charge in [0.15, 0.2) is 0 Å². The molecule has 0 spiro atoms. The van der Waals surface area contributed by atoms with Crippen molar-refractivity contribution in [3.05, 3.63) is 42.1 Å². The van der Waals surface area contributed by atoms with Crippen molar-refractivity contribution in [1.82, 2.24) is 10.2 Å². The molecule has 2 rings (SSSR count). The van der Waals surface area contributed by atoms with Gasteiger partial charge in [0.25, 0.3) is 0 Å². The van der Waals surface area contributed by atoms with Gasteiger partial charge in [0.2, 0.25) is 0 Å². The molecule has 0 atom stereocenters. The monoisotopic (exact) mass is 216 g/mol. The standard InChI is InChI=1S/C12H14N2.C2H6/c1-9(2)10-3-5-11(6-4-10)12-7-8-13-14-12;1-2/h3-9H,1-2H3,(H,13,14);1-2H3. The Kier molecular flexibility index (Phi) is 4.77. The van der Waals surface area contributed by atoms with E-state index in [4.69, 9.17) is 0 Å². The summed E-state index contributed by atoms with van der Waals surface area (Å²) in [6, 6.07) is 10.6. The summed E-state index contributed by atoms with van der Waals surface area (Å²) in [5.74, 6) is 0.589. The van der Waals surface area contributed by atoms with Crippen LogP contribution < -0.4 is 0 Å². The summed E-state index contributed by atoms with van der Waals surface area (Å²) >= 11 is 0. The van der Waals surface area contributed by atoms with E-state index in [1.54, 1.807) is 6.20 Å². The highest BCUT2D eigenvalue weighted by molar-refractivity contribution is 5.58. The Labute approximate surface area is 97.7 Å². The van der Waals surface area contributed by atoms with Crippen LogP contribution in [0.25, 0.3) is 11.3 Å². The first-order chi connectivity index (χ1) is 7.77. The predicted molar refractivity (Wildman–Crippen MR) is 69.5 cm³/mol. The summed E-state index contributed by atoms with van der Waals surface area (Å²) in [6.07, 6.45) is 1.77. The van der Waals surface area contributed by atoms with Gasteiger partial charge in [-0.1, -0.05) is 52.0 Å². The fourth-order valence-corrected chi connectivity index (χ4v) is 1.46. The van der Waals surface area contributed by atoms with Crippen LogP contribution in [-0.2, 0) is 0 Å². The fourth-order valence-electron chi connectivity index (χ4n) is 1.46. The van der Waals surface area contributed by atoms with E-state index in [2.05, 4.69) is 48.3 Å². The maximum absolute atomic E-state index is 3.93. The quantitative estimate of drug-likeness (QED) is 0.799. The SMILES string of the molecule is CC.CC(C)c1ccc(-c2ccn[nH]2)cc1. The Morgan fingerprint density at radius 1 is 1.00 bits per heavy atom. The van der Waals surface area contributed by atoms with Crippen LogP contribution in [-0.4, -0.2) is 10.2 Å². The van der Waals surface area contributed by atoms with E-state index in [1.807, 2.05) is 19.9 Å². The van der Waals surface area contributed by atoms with E-state index in [9.17, 15) is 0 Å². The number of hydrogen-bond donors (Lipinski definition) is 1. The van der Waals surface area contributed by atoms with Gasteiger partial charge in [-0.3, -0.25) is 5.10 Å². The number of rotatable bonds is 2. The number of hydrogen-bond acceptors (Lipinski definition) is 1. The summed E-state index contributed by atoms with van der Waals surface area (Å²) in [5, 5.41) is 6.88. The number of benzene rings is 1. The third-order valence-electron chi connectivity index (χ3n) is 2.39. The minimum Gasteiger partial charge on any atom is -0.278 e. The highest BCUT2D eigenvalue weighted by Gasteiger charge is 2.00. The number of nitrogens with one attached hydrogen (secondary N) is 1. The molecule has 0 aliphatic carbocycles. The average molecular weight is 216 g/mol. The van der Waals surface area contributed by atoms with E-state index in [-0.39, 0.29) is 0 Å². The summed E-state index contributed by atoms with van der Waals surface area (Å²) in [6.45, 7) is 8.40. The van der Waals surface area contributed by atoms with Gasteiger partial charge in [0.05, 0.1) is 5.69 Å². The van der Waals surface area contributed by atoms with Gasteiger partial charge in [-0.25, -0.2) is 0 Å². The van der Waals surface area contributed by atoms with Gasteiger partial charge < -0.3 is 0 Å². The smallest absolute Gasteiger partial charge is 0.0650 e. The lowest BCUT2D eigenvalue weighted by atomic mass is 10.0. The van der Waals surface area contributed by atoms with Crippen molar-refractivity contribution in [2.24, 2.45) is 0 Å². The topological polar surface area (TPSA) is 28.7 Å². The van der Waals surface area contributed by atoms with Gasteiger partial charge >= 0.3 is 0 Å². The normalized spacial score (nSPS) is 9.81. The molecule has 0 aliphatic rings. The molecule has 1 heterocycles. The Balaban J connectivity index is 0.000000606. The zero-order chi connectivity index (χ0) is 12.0. The third-order valence-corrected chi connectivity index (χ3v) is 2.39. The highest BCUT2D eigenvalue weighted by atomic mass is 15.1. The Bertz CT molecular complexity index is 385. The summed E-state index contributed by atoms with van der Waals surface area (Å²) in [5.41, 5.74) is 3.63. The molecular weight excluding hydrogens is 196 g/mol. The lowest BCUT2D eigenvalue weighted by molar-refractivity contribution is 0.867. The molecule has 0 radical (unpaired) electrons. The maximum Gasteiger partial charge on any atom is 0.0650 e. The lowest BCUT2D eigenvalue weighted by Crippen LogP contribution is -1.86. The van der Waals surface area contributed by atoms with Gasteiger partial charge in [-0.05, 0) is 23.1 Å². The van der Waals surface area contributed by atoms with E-state index in [0.29, 0.717) is 5.92 Å². The molecule has 2 heteroatoms. The van der Waals surface area contributed by atoms with Crippen molar-refractivity contribution in [3.63, 3.8) is 0 Å². The van der Waals surface area contributed by atoms with Crippen LogP contribution in [0.1, 0.15) is 39.2 Å². The zero-order valence-corrected chi connectivity index (χ0v) is 10.5. The van der Waals surface area contributed by atoms with E-state index >= 15 is 0 Å². The molecule has 0 saturated heterocycles. The van der Waals surface area contributed by atoms with Crippen molar-refractivity contribution < 1.29 is 0 Å². The Morgan fingerprint density at radius 2 is 1.62 bits per heavy atom. The van der Waals surface area contributed by atoms with Crippen molar-refractivity contribution in [2.75, 3.05) is 0 Å². The molecule has 1 aromatic heterocycles. The molecule has 1 N–H and O–H groups in total. The molecule has 0 amide bonds. The Hall–Kier alpha value is -1.57. The molecule has 1 aromatic carbocycles. The van der Waals surface area contributed by atoms with Crippen LogP contribution in [0.15, 0.2) is 36.5 Å². The summed E-state index contributed by atoms with van der Waals surface area (Å²) in [7, 11) is 0. The maximum atomic E-state index is 3.93. The summed E-state index contributed by atoms with van der Waals surface area (Å²) in [4.78, 5) is 0. The minimum atomic E-state index is 0.589. The van der Waals surface area contributed by atoms with Gasteiger partial charge in [0, 0.05) is 6.20 Å². The molecule has 86 valence electrons. The number of aromatic amines is 1. The van der Waals surface area contributed by atoms with E-state index in [0.717, 1.165) is 5.69 Å². The van der Waals surface area contributed by atoms with Crippen molar-refractivity contribution in [2.45, 2.75) is 33.6 Å². The number of H-pyrrole nitrogens is 1. The van der Waals surface area contributed by atoms with Gasteiger partial charge in [-0.2, -0.15) is 5.10 Å². The van der Waals surface area contributed by atoms with Crippen LogP contribution in [0, 0.1) is 0 Å². The van der Waals surface area contributed by atoms with Crippen LogP contribution in [0.4, 0.5) is 0 Å². The minimum absolute atomic E-state index is 0.589. The third kappa shape index (κ3) is 2.96. The average Bonchev–Trinajstić information content (AvgIpc) is 2.85. The second-order valence-corrected chi connectivity index (χ2v) is 3.75. The lowest BCUT2D eigenvalue weighted by Gasteiger charge is -2.05. The van der Waals surface area contributed by atoms with Crippen molar-refractivity contribution in [3.8, 4) is 11.3 Å². The largest absolute Gasteiger partial charge is 0.278 e. The molecule has 16 heavy (non-hydrogen) atoms. The first-order valence-electron chi connectivity index (χ1n) is 5.87. The van der Waals surface area contributed by atoms with E-state index in [1.165, 1.54) is 11.1 Å². The molecule has 0 unspecified atom stereocenters. The second kappa shape index (κ2) is 6.11. The second-order valence-electron chi connectivity index (χ2n) is 3.75. The predicted octanol–water partition coefficient (Wildman–Crippen LogP) is 4.23. The first kappa shape index (κ1) is 12.5. The molecule has 2 nitrogen and oxygen atoms in total. The zero-order valence-electron chi connectivity index (χ0n) is 10.5. The van der Waals surface area contributed by atoms with E-state index < -0.39 is 0 Å².